The van der Waals surface area contributed by atoms with Crippen LogP contribution in [0.3, 0.4) is 0 Å². The van der Waals surface area contributed by atoms with Crippen molar-refractivity contribution in [3.8, 4) is 17.6 Å². The summed E-state index contributed by atoms with van der Waals surface area (Å²) in [5, 5.41) is 9.49. The van der Waals surface area contributed by atoms with Crippen LogP contribution >= 0.6 is 0 Å². The van der Waals surface area contributed by atoms with E-state index in [9.17, 15) is 5.26 Å². The largest absolute Gasteiger partial charge is 0.497 e. The molecule has 0 saturated carbocycles. The molecule has 0 aliphatic carbocycles. The Hall–Kier alpha value is -3.50. The van der Waals surface area contributed by atoms with Gasteiger partial charge in [-0.05, 0) is 29.8 Å². The lowest BCUT2D eigenvalue weighted by molar-refractivity contribution is 0.240. The number of piperazine rings is 1. The monoisotopic (exact) mass is 404 g/mol. The Labute approximate surface area is 176 Å². The minimum Gasteiger partial charge on any atom is -0.497 e. The highest BCUT2D eigenvalue weighted by atomic mass is 16.5. The maximum Gasteiger partial charge on any atom is 0.236 e. The molecular weight excluding hydrogens is 380 g/mol. The molecule has 0 amide bonds. The van der Waals surface area contributed by atoms with Gasteiger partial charge in [0, 0.05) is 32.7 Å². The summed E-state index contributed by atoms with van der Waals surface area (Å²) in [7, 11) is 1.62. The van der Waals surface area contributed by atoms with E-state index in [0.29, 0.717) is 23.2 Å². The minimum absolute atomic E-state index is 0.162. The van der Waals surface area contributed by atoms with Crippen LogP contribution in [0.5, 0.6) is 11.5 Å². The van der Waals surface area contributed by atoms with Crippen LogP contribution in [-0.2, 0) is 13.2 Å². The van der Waals surface area contributed by atoms with Gasteiger partial charge in [-0.25, -0.2) is 0 Å². The fraction of sp³-hybridized carbons (Fsp3) is 0.304. The van der Waals surface area contributed by atoms with Crippen LogP contribution < -0.4 is 14.4 Å². The Morgan fingerprint density at radius 3 is 2.37 bits per heavy atom. The molecule has 1 saturated heterocycles. The number of oxazole rings is 1. The lowest BCUT2D eigenvalue weighted by Crippen LogP contribution is -2.46. The van der Waals surface area contributed by atoms with Gasteiger partial charge in [0.25, 0.3) is 0 Å². The topological polar surface area (TPSA) is 74.8 Å². The van der Waals surface area contributed by atoms with Crippen molar-refractivity contribution in [2.24, 2.45) is 0 Å². The fourth-order valence-electron chi connectivity index (χ4n) is 3.47. The predicted molar refractivity (Wildman–Crippen MR) is 112 cm³/mol. The molecule has 2 heterocycles. The molecule has 1 aromatic heterocycles. The first-order chi connectivity index (χ1) is 14.7. The summed E-state index contributed by atoms with van der Waals surface area (Å²) < 4.78 is 16.8. The molecule has 2 aromatic carbocycles. The van der Waals surface area contributed by atoms with Crippen LogP contribution in [0.1, 0.15) is 17.1 Å². The van der Waals surface area contributed by atoms with E-state index in [0.717, 1.165) is 38.5 Å². The third kappa shape index (κ3) is 4.73. The van der Waals surface area contributed by atoms with Gasteiger partial charge in [-0.2, -0.15) is 10.2 Å². The molecule has 3 aromatic rings. The summed E-state index contributed by atoms with van der Waals surface area (Å²) in [5.74, 6) is 2.37. The van der Waals surface area contributed by atoms with Gasteiger partial charge in [-0.15, -0.1) is 0 Å². The van der Waals surface area contributed by atoms with E-state index in [1.165, 1.54) is 5.56 Å². The number of hydrogen-bond acceptors (Lipinski definition) is 7. The van der Waals surface area contributed by atoms with Gasteiger partial charge in [0.05, 0.1) is 7.11 Å². The Kier molecular flexibility index (Phi) is 6.16. The summed E-state index contributed by atoms with van der Waals surface area (Å²) in [5.41, 5.74) is 1.61. The molecule has 0 bridgehead atoms. The van der Waals surface area contributed by atoms with Crippen molar-refractivity contribution in [3.05, 3.63) is 71.7 Å². The third-order valence-corrected chi connectivity index (χ3v) is 5.09. The number of nitrogens with zero attached hydrogens (tertiary/aromatic N) is 4. The van der Waals surface area contributed by atoms with E-state index in [1.807, 2.05) is 30.3 Å². The average molecular weight is 404 g/mol. The second-order valence-electron chi connectivity index (χ2n) is 7.09. The van der Waals surface area contributed by atoms with Crippen LogP contribution in [0, 0.1) is 11.3 Å². The van der Waals surface area contributed by atoms with E-state index in [-0.39, 0.29) is 6.61 Å². The molecule has 0 unspecified atom stereocenters. The highest BCUT2D eigenvalue weighted by Crippen LogP contribution is 2.25. The highest BCUT2D eigenvalue weighted by molar-refractivity contribution is 5.48. The van der Waals surface area contributed by atoms with Crippen LogP contribution in [0.4, 0.5) is 5.88 Å². The number of hydrogen-bond donors (Lipinski definition) is 0. The number of anilines is 1. The van der Waals surface area contributed by atoms with Crippen molar-refractivity contribution in [1.29, 1.82) is 5.26 Å². The molecule has 4 rings (SSSR count). The van der Waals surface area contributed by atoms with Gasteiger partial charge in [0.1, 0.15) is 17.6 Å². The van der Waals surface area contributed by atoms with Gasteiger partial charge in [-0.1, -0.05) is 30.3 Å². The second kappa shape index (κ2) is 9.33. The van der Waals surface area contributed by atoms with Crippen LogP contribution in [0.25, 0.3) is 0 Å². The maximum absolute atomic E-state index is 9.49. The molecule has 0 spiro atoms. The minimum atomic E-state index is 0.162. The Balaban J connectivity index is 1.35. The summed E-state index contributed by atoms with van der Waals surface area (Å²) in [4.78, 5) is 8.80. The quantitative estimate of drug-likeness (QED) is 0.597. The first-order valence-electron chi connectivity index (χ1n) is 9.93. The molecule has 154 valence electrons. The van der Waals surface area contributed by atoms with Crippen molar-refractivity contribution in [2.45, 2.75) is 13.2 Å². The Morgan fingerprint density at radius 1 is 1.00 bits per heavy atom. The molecule has 0 radical (unpaired) electrons. The first kappa shape index (κ1) is 19.8. The first-order valence-corrected chi connectivity index (χ1v) is 9.93. The van der Waals surface area contributed by atoms with Gasteiger partial charge in [0.2, 0.25) is 17.5 Å². The van der Waals surface area contributed by atoms with Crippen molar-refractivity contribution in [2.75, 3.05) is 38.2 Å². The number of methoxy groups -OCH3 is 1. The maximum atomic E-state index is 9.49. The zero-order valence-corrected chi connectivity index (χ0v) is 17.0. The lowest BCUT2D eigenvalue weighted by Gasteiger charge is -2.34. The molecule has 0 N–H and O–H groups in total. The van der Waals surface area contributed by atoms with Crippen molar-refractivity contribution >= 4 is 5.88 Å². The third-order valence-electron chi connectivity index (χ3n) is 5.09. The van der Waals surface area contributed by atoms with Gasteiger partial charge >= 0.3 is 0 Å². The molecule has 30 heavy (non-hydrogen) atoms. The van der Waals surface area contributed by atoms with E-state index in [1.54, 1.807) is 7.11 Å². The summed E-state index contributed by atoms with van der Waals surface area (Å²) in [6, 6.07) is 19.9. The standard InChI is InChI=1S/C23H24N4O3/c1-28-19-7-9-20(10-8-19)29-17-22-25-21(15-24)23(30-22)27-13-11-26(12-14-27)16-18-5-3-2-4-6-18/h2-10H,11-14,16-17H2,1H3. The predicted octanol–water partition coefficient (Wildman–Crippen LogP) is 3.46. The number of benzene rings is 2. The molecule has 1 aliphatic rings. The fourth-order valence-corrected chi connectivity index (χ4v) is 3.47. The van der Waals surface area contributed by atoms with Crippen molar-refractivity contribution in [3.63, 3.8) is 0 Å². The van der Waals surface area contributed by atoms with Gasteiger partial charge < -0.3 is 18.8 Å². The number of rotatable bonds is 7. The zero-order valence-electron chi connectivity index (χ0n) is 17.0. The number of ether oxygens (including phenoxy) is 2. The second-order valence-corrected chi connectivity index (χ2v) is 7.09. The van der Waals surface area contributed by atoms with Crippen LogP contribution in [0.15, 0.2) is 59.0 Å². The average Bonchev–Trinajstić information content (AvgIpc) is 3.22. The Bertz CT molecular complexity index is 988. The number of aromatic nitrogens is 1. The smallest absolute Gasteiger partial charge is 0.236 e. The summed E-state index contributed by atoms with van der Waals surface area (Å²) >= 11 is 0. The van der Waals surface area contributed by atoms with Gasteiger partial charge in [-0.3, -0.25) is 4.90 Å². The molecule has 7 heteroatoms. The molecule has 7 nitrogen and oxygen atoms in total. The molecular formula is C23H24N4O3. The number of nitriles is 1. The lowest BCUT2D eigenvalue weighted by atomic mass is 10.2. The van der Waals surface area contributed by atoms with E-state index >= 15 is 0 Å². The Morgan fingerprint density at radius 2 is 1.70 bits per heavy atom. The zero-order chi connectivity index (χ0) is 20.8. The van der Waals surface area contributed by atoms with E-state index in [4.69, 9.17) is 13.9 Å². The molecule has 1 aliphatic heterocycles. The van der Waals surface area contributed by atoms with Gasteiger partial charge in [0.15, 0.2) is 6.61 Å². The summed E-state index contributed by atoms with van der Waals surface area (Å²) in [6.45, 7) is 4.47. The summed E-state index contributed by atoms with van der Waals surface area (Å²) in [6.07, 6.45) is 0. The molecule has 1 fully saturated rings. The van der Waals surface area contributed by atoms with Crippen molar-refractivity contribution < 1.29 is 13.9 Å². The van der Waals surface area contributed by atoms with Crippen LogP contribution in [-0.4, -0.2) is 43.2 Å². The van der Waals surface area contributed by atoms with Crippen molar-refractivity contribution in [1.82, 2.24) is 9.88 Å². The normalized spacial score (nSPS) is 14.3. The highest BCUT2D eigenvalue weighted by Gasteiger charge is 2.24. The van der Waals surface area contributed by atoms with Crippen LogP contribution in [0.2, 0.25) is 0 Å². The van der Waals surface area contributed by atoms with E-state index in [2.05, 4.69) is 45.1 Å². The van der Waals surface area contributed by atoms with E-state index < -0.39 is 0 Å². The SMILES string of the molecule is COc1ccc(OCc2nc(C#N)c(N3CCN(Cc4ccccc4)CC3)o2)cc1. The molecule has 0 atom stereocenters.